The van der Waals surface area contributed by atoms with Gasteiger partial charge in [0, 0.05) is 19.1 Å². The molecule has 1 fully saturated rings. The van der Waals surface area contributed by atoms with E-state index in [4.69, 9.17) is 0 Å². The van der Waals surface area contributed by atoms with E-state index in [0.717, 1.165) is 36.0 Å². The number of fused-ring (bicyclic) bond motifs is 1. The van der Waals surface area contributed by atoms with Crippen LogP contribution in [0.3, 0.4) is 0 Å². The fourth-order valence-corrected chi connectivity index (χ4v) is 2.39. The number of aryl methyl sites for hydroxylation is 1. The first-order valence-corrected chi connectivity index (χ1v) is 6.14. The molecule has 0 N–H and O–H groups in total. The predicted octanol–water partition coefficient (Wildman–Crippen LogP) is 1.69. The molecule has 2 aromatic rings. The zero-order valence-electron chi connectivity index (χ0n) is 10.5. The second-order valence-electron chi connectivity index (χ2n) is 4.77. The van der Waals surface area contributed by atoms with Crippen LogP contribution in [0.5, 0.6) is 0 Å². The van der Waals surface area contributed by atoms with Crippen molar-refractivity contribution in [3.8, 4) is 0 Å². The predicted molar refractivity (Wildman–Crippen MR) is 67.0 cm³/mol. The molecule has 90 valence electrons. The van der Waals surface area contributed by atoms with Crippen LogP contribution in [0.25, 0.3) is 11.2 Å². The summed E-state index contributed by atoms with van der Waals surface area (Å²) in [5.74, 6) is 1.71. The number of anilines is 1. The highest BCUT2D eigenvalue weighted by Crippen LogP contribution is 2.32. The van der Waals surface area contributed by atoms with Gasteiger partial charge in [0.05, 0.1) is 6.33 Å². The van der Waals surface area contributed by atoms with Gasteiger partial charge in [-0.1, -0.05) is 6.92 Å². The quantitative estimate of drug-likeness (QED) is 0.789. The van der Waals surface area contributed by atoms with Gasteiger partial charge >= 0.3 is 0 Å². The highest BCUT2D eigenvalue weighted by atomic mass is 15.3. The Hall–Kier alpha value is -1.65. The average Bonchev–Trinajstić information content (AvgIpc) is 2.78. The number of nitrogens with zero attached hydrogens (tertiary/aromatic N) is 5. The van der Waals surface area contributed by atoms with E-state index in [1.165, 1.54) is 0 Å². The molecular formula is C12H17N5. The maximum Gasteiger partial charge on any atom is 0.165 e. The minimum absolute atomic E-state index is 0.542. The van der Waals surface area contributed by atoms with Crippen molar-refractivity contribution in [3.63, 3.8) is 0 Å². The van der Waals surface area contributed by atoms with E-state index in [2.05, 4.69) is 40.6 Å². The topological polar surface area (TPSA) is 46.8 Å². The van der Waals surface area contributed by atoms with Crippen molar-refractivity contribution in [3.05, 3.63) is 12.7 Å². The second kappa shape index (κ2) is 3.68. The lowest BCUT2D eigenvalue weighted by Crippen LogP contribution is -2.53. The van der Waals surface area contributed by atoms with E-state index >= 15 is 0 Å². The summed E-state index contributed by atoms with van der Waals surface area (Å²) in [7, 11) is 0. The van der Waals surface area contributed by atoms with Crippen molar-refractivity contribution in [1.82, 2.24) is 19.5 Å². The molecule has 0 spiro atoms. The molecule has 0 aliphatic carbocycles. The Morgan fingerprint density at radius 1 is 1.29 bits per heavy atom. The van der Waals surface area contributed by atoms with Gasteiger partial charge in [-0.15, -0.1) is 0 Å². The smallest absolute Gasteiger partial charge is 0.165 e. The van der Waals surface area contributed by atoms with Crippen LogP contribution >= 0.6 is 0 Å². The lowest BCUT2D eigenvalue weighted by atomic mass is 9.92. The molecule has 1 aliphatic rings. The van der Waals surface area contributed by atoms with Gasteiger partial charge < -0.3 is 9.47 Å². The van der Waals surface area contributed by atoms with Gasteiger partial charge in [0.15, 0.2) is 17.0 Å². The van der Waals surface area contributed by atoms with E-state index in [-0.39, 0.29) is 0 Å². The molecule has 0 amide bonds. The summed E-state index contributed by atoms with van der Waals surface area (Å²) < 4.78 is 2.05. The highest BCUT2D eigenvalue weighted by Gasteiger charge is 2.34. The third-order valence-corrected chi connectivity index (χ3v) is 3.79. The fraction of sp³-hybridized carbons (Fsp3) is 0.583. The van der Waals surface area contributed by atoms with Crippen LogP contribution in [0.4, 0.5) is 5.82 Å². The molecule has 1 aliphatic heterocycles. The number of hydrogen-bond donors (Lipinski definition) is 0. The number of aromatic nitrogens is 4. The molecule has 3 heterocycles. The normalized spacial score (nSPS) is 24.1. The standard InChI is InChI=1S/C12H17N5/c1-4-16-7-15-10-11(16)13-6-14-12(10)17-5-8(2)9(17)3/h6-9H,4-5H2,1-3H3/t8-,9+/m1/s1. The largest absolute Gasteiger partial charge is 0.351 e. The minimum Gasteiger partial charge on any atom is -0.351 e. The van der Waals surface area contributed by atoms with Crippen molar-refractivity contribution in [2.45, 2.75) is 33.4 Å². The first-order valence-electron chi connectivity index (χ1n) is 6.14. The Morgan fingerprint density at radius 2 is 2.12 bits per heavy atom. The highest BCUT2D eigenvalue weighted by molar-refractivity contribution is 5.83. The molecule has 5 heteroatoms. The third kappa shape index (κ3) is 1.41. The van der Waals surface area contributed by atoms with Crippen LogP contribution in [0, 0.1) is 5.92 Å². The number of imidazole rings is 1. The minimum atomic E-state index is 0.542. The molecule has 3 rings (SSSR count). The molecule has 0 bridgehead atoms. The van der Waals surface area contributed by atoms with Crippen molar-refractivity contribution >= 4 is 17.0 Å². The van der Waals surface area contributed by atoms with Crippen molar-refractivity contribution < 1.29 is 0 Å². The van der Waals surface area contributed by atoms with Crippen LogP contribution in [0.1, 0.15) is 20.8 Å². The molecule has 0 aromatic carbocycles. The molecule has 2 aromatic heterocycles. The van der Waals surface area contributed by atoms with Gasteiger partial charge in [0.2, 0.25) is 0 Å². The molecule has 1 saturated heterocycles. The van der Waals surface area contributed by atoms with E-state index in [9.17, 15) is 0 Å². The molecule has 0 radical (unpaired) electrons. The Morgan fingerprint density at radius 3 is 2.76 bits per heavy atom. The Labute approximate surface area is 100 Å². The summed E-state index contributed by atoms with van der Waals surface area (Å²) in [5, 5.41) is 0. The van der Waals surface area contributed by atoms with Crippen LogP contribution in [0.15, 0.2) is 12.7 Å². The van der Waals surface area contributed by atoms with E-state index in [1.807, 2.05) is 10.9 Å². The molecule has 5 nitrogen and oxygen atoms in total. The van der Waals surface area contributed by atoms with Gasteiger partial charge in [0.1, 0.15) is 6.33 Å². The van der Waals surface area contributed by atoms with Crippen LogP contribution in [0.2, 0.25) is 0 Å². The zero-order chi connectivity index (χ0) is 12.0. The first-order chi connectivity index (χ1) is 8.22. The third-order valence-electron chi connectivity index (χ3n) is 3.79. The molecule has 2 atom stereocenters. The zero-order valence-corrected chi connectivity index (χ0v) is 10.5. The van der Waals surface area contributed by atoms with Gasteiger partial charge in [-0.05, 0) is 19.8 Å². The fourth-order valence-electron chi connectivity index (χ4n) is 2.39. The maximum absolute atomic E-state index is 4.45. The number of hydrogen-bond acceptors (Lipinski definition) is 4. The van der Waals surface area contributed by atoms with Gasteiger partial charge in [-0.2, -0.15) is 0 Å². The summed E-state index contributed by atoms with van der Waals surface area (Å²) in [5.41, 5.74) is 1.86. The lowest BCUT2D eigenvalue weighted by Gasteiger charge is -2.45. The van der Waals surface area contributed by atoms with E-state index in [0.29, 0.717) is 6.04 Å². The lowest BCUT2D eigenvalue weighted by molar-refractivity contribution is 0.338. The van der Waals surface area contributed by atoms with Crippen LogP contribution in [-0.4, -0.2) is 32.1 Å². The summed E-state index contributed by atoms with van der Waals surface area (Å²) in [6.07, 6.45) is 3.48. The Bertz CT molecular complexity index is 547. The van der Waals surface area contributed by atoms with Crippen LogP contribution < -0.4 is 4.90 Å². The Balaban J connectivity index is 2.08. The van der Waals surface area contributed by atoms with Crippen molar-refractivity contribution in [1.29, 1.82) is 0 Å². The Kier molecular flexibility index (Phi) is 2.28. The number of rotatable bonds is 2. The van der Waals surface area contributed by atoms with Gasteiger partial charge in [-0.3, -0.25) is 0 Å². The van der Waals surface area contributed by atoms with Gasteiger partial charge in [0.25, 0.3) is 0 Å². The molecule has 0 unspecified atom stereocenters. The van der Waals surface area contributed by atoms with Crippen molar-refractivity contribution in [2.75, 3.05) is 11.4 Å². The maximum atomic E-state index is 4.45. The summed E-state index contributed by atoms with van der Waals surface area (Å²) in [6.45, 7) is 8.55. The molecular weight excluding hydrogens is 214 g/mol. The van der Waals surface area contributed by atoms with E-state index in [1.54, 1.807) is 6.33 Å². The second-order valence-corrected chi connectivity index (χ2v) is 4.77. The summed E-state index contributed by atoms with van der Waals surface area (Å²) in [6, 6.07) is 0.542. The monoisotopic (exact) mass is 231 g/mol. The average molecular weight is 231 g/mol. The van der Waals surface area contributed by atoms with Crippen LogP contribution in [-0.2, 0) is 6.54 Å². The first kappa shape index (κ1) is 10.5. The van der Waals surface area contributed by atoms with Crippen molar-refractivity contribution in [2.24, 2.45) is 5.92 Å². The molecule has 0 saturated carbocycles. The van der Waals surface area contributed by atoms with E-state index < -0.39 is 0 Å². The summed E-state index contributed by atoms with van der Waals surface area (Å²) >= 11 is 0. The SMILES string of the molecule is CCn1cnc2c(N3C[C@@H](C)[C@@H]3C)ncnc21. The molecule has 17 heavy (non-hydrogen) atoms. The van der Waals surface area contributed by atoms with Gasteiger partial charge in [-0.25, -0.2) is 15.0 Å². The summed E-state index contributed by atoms with van der Waals surface area (Å²) in [4.78, 5) is 15.5.